The molecule has 18 heavy (non-hydrogen) atoms. The fraction of sp³-hybridized carbons (Fsp3) is 0.417. The topological polar surface area (TPSA) is 16.4 Å². The number of fused-ring (bicyclic) bond motifs is 1. The van der Waals surface area contributed by atoms with Crippen LogP contribution in [0.4, 0.5) is 5.88 Å². The van der Waals surface area contributed by atoms with Gasteiger partial charge in [-0.1, -0.05) is 19.1 Å². The molecule has 0 aliphatic heterocycles. The van der Waals surface area contributed by atoms with Gasteiger partial charge in [0, 0.05) is 30.3 Å². The van der Waals surface area contributed by atoms with Crippen molar-refractivity contribution in [1.29, 1.82) is 0 Å². The Morgan fingerprint density at radius 3 is 2.94 bits per heavy atom. The second-order valence-electron chi connectivity index (χ2n) is 3.90. The van der Waals surface area contributed by atoms with Crippen LogP contribution in [0.2, 0.25) is 0 Å². The molecule has 2 aromatic heterocycles. The van der Waals surface area contributed by atoms with Crippen molar-refractivity contribution >= 4 is 68.3 Å². The van der Waals surface area contributed by atoms with Crippen LogP contribution in [0, 0.1) is 4.51 Å². The third-order valence-electron chi connectivity index (χ3n) is 2.56. The van der Waals surface area contributed by atoms with Crippen molar-refractivity contribution in [2.45, 2.75) is 13.3 Å². The molecule has 0 radical (unpaired) electrons. The van der Waals surface area contributed by atoms with Gasteiger partial charge in [-0.05, 0) is 22.4 Å². The summed E-state index contributed by atoms with van der Waals surface area (Å²) in [6.07, 6.45) is 1.07. The Bertz CT molecular complexity index is 587. The van der Waals surface area contributed by atoms with Gasteiger partial charge in [0.15, 0.2) is 11.5 Å². The number of thiophene rings is 1. The second kappa shape index (κ2) is 6.41. The van der Waals surface area contributed by atoms with E-state index in [1.807, 2.05) is 11.4 Å². The first-order valence-electron chi connectivity index (χ1n) is 5.74. The summed E-state index contributed by atoms with van der Waals surface area (Å²) in [5.74, 6) is 1.63. The quantitative estimate of drug-likeness (QED) is 0.585. The number of anilines is 1. The van der Waals surface area contributed by atoms with Crippen LogP contribution in [-0.4, -0.2) is 18.8 Å². The minimum absolute atomic E-state index is 0.797. The Hall–Kier alpha value is -0.0400. The van der Waals surface area contributed by atoms with Gasteiger partial charge in [0.25, 0.3) is 0 Å². The number of thiol groups is 1. The average molecular weight is 364 g/mol. The lowest BCUT2D eigenvalue weighted by atomic mass is 10.3. The summed E-state index contributed by atoms with van der Waals surface area (Å²) >= 11 is 14.8. The van der Waals surface area contributed by atoms with Gasteiger partial charge in [0.05, 0.1) is 13.7 Å². The van der Waals surface area contributed by atoms with Crippen LogP contribution >= 0.6 is 52.1 Å². The van der Waals surface area contributed by atoms with Crippen LogP contribution in [0.5, 0.6) is 0 Å². The van der Waals surface area contributed by atoms with Gasteiger partial charge in [-0.15, -0.1) is 11.3 Å². The predicted molar refractivity (Wildman–Crippen MR) is 89.0 cm³/mol. The van der Waals surface area contributed by atoms with E-state index in [0.29, 0.717) is 0 Å². The molecule has 0 saturated carbocycles. The molecule has 2 heterocycles. The fourth-order valence-electron chi connectivity index (χ4n) is 1.78. The summed E-state index contributed by atoms with van der Waals surface area (Å²) in [4.78, 5) is 2.19. The van der Waals surface area contributed by atoms with Crippen molar-refractivity contribution in [2.24, 2.45) is 0 Å². The summed E-state index contributed by atoms with van der Waals surface area (Å²) in [5.41, 5.74) is 0.850. The first kappa shape index (κ1) is 14.4. The lowest BCUT2D eigenvalue weighted by Crippen LogP contribution is -2.26. The molecule has 0 atom stereocenters. The third-order valence-corrected chi connectivity index (χ3v) is 5.10. The van der Waals surface area contributed by atoms with Gasteiger partial charge in [-0.2, -0.15) is 12.6 Å². The predicted octanol–water partition coefficient (Wildman–Crippen LogP) is 5.13. The minimum Gasteiger partial charge on any atom is -0.438 e. The molecule has 0 fully saturated rings. The van der Waals surface area contributed by atoms with Crippen molar-refractivity contribution in [3.05, 3.63) is 20.4 Å². The highest BCUT2D eigenvalue weighted by Gasteiger charge is 2.12. The molecule has 2 nitrogen and oxygen atoms in total. The van der Waals surface area contributed by atoms with E-state index in [4.69, 9.17) is 16.6 Å². The zero-order valence-corrected chi connectivity index (χ0v) is 14.1. The molecule has 0 aliphatic carbocycles. The molecular weight excluding hydrogens is 350 g/mol. The first-order chi connectivity index (χ1) is 8.67. The summed E-state index contributed by atoms with van der Waals surface area (Å²) < 4.78 is 8.82. The Morgan fingerprint density at radius 2 is 2.28 bits per heavy atom. The molecule has 0 N–H and O–H groups in total. The van der Waals surface area contributed by atoms with Crippen molar-refractivity contribution in [3.8, 4) is 0 Å². The number of rotatable bonds is 5. The highest BCUT2D eigenvalue weighted by molar-refractivity contribution is 9.10. The molecule has 0 unspecified atom stereocenters. The van der Waals surface area contributed by atoms with Gasteiger partial charge < -0.3 is 9.32 Å². The summed E-state index contributed by atoms with van der Waals surface area (Å²) in [5, 5.41) is 2.01. The fourth-order valence-corrected chi connectivity index (χ4v) is 3.81. The molecule has 2 rings (SSSR count). The number of nitrogens with zero attached hydrogens (tertiary/aromatic N) is 1. The largest absolute Gasteiger partial charge is 0.438 e. The van der Waals surface area contributed by atoms with Crippen molar-refractivity contribution < 1.29 is 4.42 Å². The minimum atomic E-state index is 0.797. The number of halogens is 1. The molecular formula is C12H14BrNOS3. The zero-order valence-electron chi connectivity index (χ0n) is 9.98. The molecule has 0 aliphatic rings. The maximum Gasteiger partial charge on any atom is 0.197 e. The number of hydrogen-bond acceptors (Lipinski definition) is 5. The normalized spacial score (nSPS) is 11.1. The Balaban J connectivity index is 2.49. The molecule has 0 aromatic carbocycles. The van der Waals surface area contributed by atoms with E-state index < -0.39 is 0 Å². The van der Waals surface area contributed by atoms with Crippen LogP contribution in [0.1, 0.15) is 13.3 Å². The number of hydrogen-bond donors (Lipinski definition) is 1. The van der Waals surface area contributed by atoms with E-state index in [1.165, 1.54) is 0 Å². The van der Waals surface area contributed by atoms with E-state index in [0.717, 1.165) is 50.4 Å². The SMILES string of the molecule is CCCN(CCS)c1cc(=S)c2scc(Br)c2o1. The second-order valence-corrected chi connectivity index (χ2v) is 6.52. The Kier molecular flexibility index (Phi) is 5.12. The van der Waals surface area contributed by atoms with Crippen LogP contribution < -0.4 is 4.90 Å². The van der Waals surface area contributed by atoms with E-state index in [9.17, 15) is 0 Å². The van der Waals surface area contributed by atoms with Gasteiger partial charge in [-0.3, -0.25) is 0 Å². The van der Waals surface area contributed by atoms with Crippen LogP contribution in [0.25, 0.3) is 10.3 Å². The van der Waals surface area contributed by atoms with Crippen LogP contribution in [0.15, 0.2) is 20.3 Å². The van der Waals surface area contributed by atoms with Crippen molar-refractivity contribution in [2.75, 3.05) is 23.7 Å². The van der Waals surface area contributed by atoms with Crippen molar-refractivity contribution in [1.82, 2.24) is 0 Å². The molecule has 0 spiro atoms. The lowest BCUT2D eigenvalue weighted by Gasteiger charge is -2.21. The summed E-state index contributed by atoms with van der Waals surface area (Å²) in [6.45, 7) is 3.97. The monoisotopic (exact) mass is 363 g/mol. The third kappa shape index (κ3) is 2.92. The van der Waals surface area contributed by atoms with Gasteiger partial charge in [0.2, 0.25) is 0 Å². The van der Waals surface area contributed by atoms with E-state index in [-0.39, 0.29) is 0 Å². The van der Waals surface area contributed by atoms with Crippen molar-refractivity contribution in [3.63, 3.8) is 0 Å². The summed E-state index contributed by atoms with van der Waals surface area (Å²) in [6, 6.07) is 1.94. The van der Waals surface area contributed by atoms with Gasteiger partial charge in [-0.25, -0.2) is 0 Å². The van der Waals surface area contributed by atoms with E-state index in [1.54, 1.807) is 11.3 Å². The maximum absolute atomic E-state index is 5.97. The lowest BCUT2D eigenvalue weighted by molar-refractivity contribution is 0.572. The van der Waals surface area contributed by atoms with E-state index >= 15 is 0 Å². The maximum atomic E-state index is 5.97. The molecule has 6 heteroatoms. The highest BCUT2D eigenvalue weighted by Crippen LogP contribution is 2.34. The Labute approximate surface area is 130 Å². The Morgan fingerprint density at radius 1 is 1.50 bits per heavy atom. The van der Waals surface area contributed by atoms with E-state index in [2.05, 4.69) is 40.4 Å². The van der Waals surface area contributed by atoms with Crippen LogP contribution in [0.3, 0.4) is 0 Å². The summed E-state index contributed by atoms with van der Waals surface area (Å²) in [7, 11) is 0. The van der Waals surface area contributed by atoms with Gasteiger partial charge in [0.1, 0.15) is 0 Å². The molecule has 0 bridgehead atoms. The average Bonchev–Trinajstić information content (AvgIpc) is 2.72. The molecule has 2 aromatic rings. The standard InChI is InChI=1S/C12H14BrNOS3/c1-2-3-14(4-5-16)10-6-9(17)12-11(15-10)8(13)7-18-12/h6-7,16H,2-5H2,1H3. The molecule has 98 valence electrons. The van der Waals surface area contributed by atoms with Crippen LogP contribution in [-0.2, 0) is 0 Å². The zero-order chi connectivity index (χ0) is 13.1. The van der Waals surface area contributed by atoms with Gasteiger partial charge >= 0.3 is 0 Å². The molecule has 0 amide bonds. The highest BCUT2D eigenvalue weighted by atomic mass is 79.9. The molecule has 0 saturated heterocycles. The smallest absolute Gasteiger partial charge is 0.197 e. The first-order valence-corrected chi connectivity index (χ1v) is 8.45.